The molecule has 136 valence electrons. The van der Waals surface area contributed by atoms with Crippen molar-refractivity contribution >= 4 is 17.5 Å². The molecule has 7 heteroatoms. The number of rotatable bonds is 6. The van der Waals surface area contributed by atoms with Crippen molar-refractivity contribution < 1.29 is 9.59 Å². The molecule has 2 heterocycles. The summed E-state index contributed by atoms with van der Waals surface area (Å²) in [5, 5.41) is 5.72. The van der Waals surface area contributed by atoms with E-state index in [1.165, 1.54) is 0 Å². The average molecular weight is 353 g/mol. The Balaban J connectivity index is 1.46. The van der Waals surface area contributed by atoms with E-state index >= 15 is 0 Å². The Morgan fingerprint density at radius 3 is 2.77 bits per heavy atom. The molecule has 3 rings (SSSR count). The lowest BCUT2D eigenvalue weighted by atomic mass is 10.1. The molecule has 26 heavy (non-hydrogen) atoms. The van der Waals surface area contributed by atoms with E-state index in [1.54, 1.807) is 24.5 Å². The van der Waals surface area contributed by atoms with Gasteiger partial charge in [-0.1, -0.05) is 12.1 Å². The van der Waals surface area contributed by atoms with E-state index < -0.39 is 0 Å². The zero-order valence-corrected chi connectivity index (χ0v) is 14.6. The normalized spacial score (nSPS) is 14.7. The maximum atomic E-state index is 12.2. The van der Waals surface area contributed by atoms with E-state index in [2.05, 4.69) is 20.5 Å². The van der Waals surface area contributed by atoms with Gasteiger partial charge < -0.3 is 16.4 Å². The molecule has 1 fully saturated rings. The molecule has 0 radical (unpaired) electrons. The number of nitrogens with two attached hydrogens (primary N) is 1. The Kier molecular flexibility index (Phi) is 5.80. The number of nitrogens with zero attached hydrogens (tertiary/aromatic N) is 2. The maximum absolute atomic E-state index is 12.2. The number of pyridine rings is 1. The number of hydrogen-bond donors (Lipinski definition) is 3. The van der Waals surface area contributed by atoms with Crippen molar-refractivity contribution in [1.29, 1.82) is 0 Å². The zero-order chi connectivity index (χ0) is 18.4. The van der Waals surface area contributed by atoms with Gasteiger partial charge in [0.05, 0.1) is 12.2 Å². The Labute approximate surface area is 152 Å². The number of hydrogen-bond acceptors (Lipinski definition) is 5. The highest BCUT2D eigenvalue weighted by Crippen LogP contribution is 2.20. The summed E-state index contributed by atoms with van der Waals surface area (Å²) in [6.45, 7) is 3.38. The van der Waals surface area contributed by atoms with Crippen LogP contribution in [0.1, 0.15) is 16.8 Å². The third-order valence-electron chi connectivity index (χ3n) is 4.29. The average Bonchev–Trinajstić information content (AvgIpc) is 2.65. The standard InChI is InChI=1S/C19H23N5O2/c20-17-10-16(11-21-12-17)14-2-4-15(5-3-14)19(26)23-6-1-8-24-9-7-22-18(25)13-24/h2-5,10-12H,1,6-9,13,20H2,(H,22,25)(H,23,26). The van der Waals surface area contributed by atoms with Crippen LogP contribution in [0.3, 0.4) is 0 Å². The van der Waals surface area contributed by atoms with Crippen LogP contribution in [0.15, 0.2) is 42.7 Å². The van der Waals surface area contributed by atoms with Gasteiger partial charge in [0.2, 0.25) is 5.91 Å². The minimum atomic E-state index is -0.0985. The highest BCUT2D eigenvalue weighted by atomic mass is 16.2. The Hall–Kier alpha value is -2.93. The van der Waals surface area contributed by atoms with E-state index in [-0.39, 0.29) is 11.8 Å². The molecular weight excluding hydrogens is 330 g/mol. The summed E-state index contributed by atoms with van der Waals surface area (Å²) in [6.07, 6.45) is 4.15. The number of benzene rings is 1. The number of carbonyl (C=O) groups is 2. The molecule has 0 saturated carbocycles. The Morgan fingerprint density at radius 2 is 2.04 bits per heavy atom. The first-order valence-corrected chi connectivity index (χ1v) is 8.70. The van der Waals surface area contributed by atoms with Crippen molar-refractivity contribution in [2.75, 3.05) is 38.5 Å². The van der Waals surface area contributed by atoms with E-state index in [1.807, 2.05) is 18.2 Å². The molecule has 1 aromatic heterocycles. The third-order valence-corrected chi connectivity index (χ3v) is 4.29. The zero-order valence-electron chi connectivity index (χ0n) is 14.6. The lowest BCUT2D eigenvalue weighted by Crippen LogP contribution is -2.48. The molecule has 0 atom stereocenters. The molecule has 0 unspecified atom stereocenters. The van der Waals surface area contributed by atoms with Crippen LogP contribution < -0.4 is 16.4 Å². The monoisotopic (exact) mass is 353 g/mol. The predicted octanol–water partition coefficient (Wildman–Crippen LogP) is 0.883. The summed E-state index contributed by atoms with van der Waals surface area (Å²) >= 11 is 0. The van der Waals surface area contributed by atoms with Gasteiger partial charge in [-0.25, -0.2) is 0 Å². The van der Waals surface area contributed by atoms with Gasteiger partial charge in [-0.05, 0) is 30.2 Å². The van der Waals surface area contributed by atoms with Gasteiger partial charge in [-0.2, -0.15) is 0 Å². The molecule has 2 aromatic rings. The number of nitrogens with one attached hydrogen (secondary N) is 2. The molecule has 1 aliphatic rings. The summed E-state index contributed by atoms with van der Waals surface area (Å²) in [5.41, 5.74) is 8.85. The van der Waals surface area contributed by atoms with Crippen molar-refractivity contribution in [2.45, 2.75) is 6.42 Å². The molecule has 7 nitrogen and oxygen atoms in total. The van der Waals surface area contributed by atoms with Crippen LogP contribution in [-0.4, -0.2) is 54.4 Å². The van der Waals surface area contributed by atoms with Gasteiger partial charge in [0, 0.05) is 49.7 Å². The van der Waals surface area contributed by atoms with Gasteiger partial charge in [0.15, 0.2) is 0 Å². The van der Waals surface area contributed by atoms with E-state index in [0.29, 0.717) is 30.9 Å². The summed E-state index contributed by atoms with van der Waals surface area (Å²) in [6, 6.07) is 9.21. The first-order valence-electron chi connectivity index (χ1n) is 8.70. The number of piperazine rings is 1. The molecule has 0 aliphatic carbocycles. The van der Waals surface area contributed by atoms with Crippen LogP contribution in [0.25, 0.3) is 11.1 Å². The van der Waals surface area contributed by atoms with Gasteiger partial charge in [-0.15, -0.1) is 0 Å². The van der Waals surface area contributed by atoms with Crippen molar-refractivity contribution in [2.24, 2.45) is 0 Å². The van der Waals surface area contributed by atoms with Crippen LogP contribution in [-0.2, 0) is 4.79 Å². The fourth-order valence-electron chi connectivity index (χ4n) is 2.92. The first-order chi connectivity index (χ1) is 12.6. The molecule has 4 N–H and O–H groups in total. The third kappa shape index (κ3) is 4.80. The lowest BCUT2D eigenvalue weighted by Gasteiger charge is -2.26. The molecule has 0 bridgehead atoms. The summed E-state index contributed by atoms with van der Waals surface area (Å²) < 4.78 is 0. The van der Waals surface area contributed by atoms with Crippen molar-refractivity contribution in [3.63, 3.8) is 0 Å². The van der Waals surface area contributed by atoms with Crippen LogP contribution in [0, 0.1) is 0 Å². The number of amides is 2. The molecule has 2 amide bonds. The van der Waals surface area contributed by atoms with Crippen LogP contribution in [0.2, 0.25) is 0 Å². The fourth-order valence-corrected chi connectivity index (χ4v) is 2.92. The summed E-state index contributed by atoms with van der Waals surface area (Å²) in [4.78, 5) is 29.7. The molecular formula is C19H23N5O2. The smallest absolute Gasteiger partial charge is 0.251 e. The van der Waals surface area contributed by atoms with Gasteiger partial charge in [-0.3, -0.25) is 19.5 Å². The van der Waals surface area contributed by atoms with E-state index in [0.717, 1.165) is 30.6 Å². The largest absolute Gasteiger partial charge is 0.397 e. The fraction of sp³-hybridized carbons (Fsp3) is 0.316. The van der Waals surface area contributed by atoms with Crippen molar-refractivity contribution in [1.82, 2.24) is 20.5 Å². The van der Waals surface area contributed by atoms with Gasteiger partial charge in [0.1, 0.15) is 0 Å². The molecule has 1 aliphatic heterocycles. The SMILES string of the molecule is Nc1cncc(-c2ccc(C(=O)NCCCN3CCNC(=O)C3)cc2)c1. The molecule has 1 aromatic carbocycles. The van der Waals surface area contributed by atoms with Crippen molar-refractivity contribution in [3.05, 3.63) is 48.3 Å². The second-order valence-electron chi connectivity index (χ2n) is 6.32. The predicted molar refractivity (Wildman–Crippen MR) is 100 cm³/mol. The number of carbonyl (C=O) groups excluding carboxylic acids is 2. The van der Waals surface area contributed by atoms with E-state index in [9.17, 15) is 9.59 Å². The highest BCUT2D eigenvalue weighted by molar-refractivity contribution is 5.94. The first kappa shape index (κ1) is 17.9. The van der Waals surface area contributed by atoms with Gasteiger partial charge in [0.25, 0.3) is 5.91 Å². The Morgan fingerprint density at radius 1 is 1.23 bits per heavy atom. The summed E-state index contributed by atoms with van der Waals surface area (Å²) in [5.74, 6) is -0.0330. The van der Waals surface area contributed by atoms with E-state index in [4.69, 9.17) is 5.73 Å². The lowest BCUT2D eigenvalue weighted by molar-refractivity contribution is -0.124. The van der Waals surface area contributed by atoms with Crippen molar-refractivity contribution in [3.8, 4) is 11.1 Å². The minimum Gasteiger partial charge on any atom is -0.397 e. The quantitative estimate of drug-likeness (QED) is 0.670. The van der Waals surface area contributed by atoms with Crippen LogP contribution in [0.4, 0.5) is 5.69 Å². The topological polar surface area (TPSA) is 100 Å². The van der Waals surface area contributed by atoms with Crippen LogP contribution in [0.5, 0.6) is 0 Å². The number of anilines is 1. The van der Waals surface area contributed by atoms with Crippen LogP contribution >= 0.6 is 0 Å². The highest BCUT2D eigenvalue weighted by Gasteiger charge is 2.15. The number of nitrogen functional groups attached to an aromatic ring is 1. The summed E-state index contributed by atoms with van der Waals surface area (Å²) in [7, 11) is 0. The van der Waals surface area contributed by atoms with Gasteiger partial charge >= 0.3 is 0 Å². The molecule has 0 spiro atoms. The molecule has 1 saturated heterocycles. The number of aromatic nitrogens is 1. The maximum Gasteiger partial charge on any atom is 0.251 e. The second kappa shape index (κ2) is 8.44. The Bertz CT molecular complexity index is 776. The second-order valence-corrected chi connectivity index (χ2v) is 6.32. The minimum absolute atomic E-state index is 0.0655.